The third kappa shape index (κ3) is 4.90. The van der Waals surface area contributed by atoms with Crippen LogP contribution in [0, 0.1) is 11.3 Å². The molecular weight excluding hydrogens is 514 g/mol. The fourth-order valence-electron chi connectivity index (χ4n) is 5.00. The summed E-state index contributed by atoms with van der Waals surface area (Å²) in [5, 5.41) is 9.31. The van der Waals surface area contributed by atoms with E-state index in [2.05, 4.69) is 36.4 Å². The second kappa shape index (κ2) is 10.9. The van der Waals surface area contributed by atoms with E-state index in [-0.39, 0.29) is 0 Å². The molecule has 2 aromatic heterocycles. The molecule has 0 saturated carbocycles. The fraction of sp³-hybridized carbons (Fsp3) is 0. The maximum Gasteiger partial charge on any atom is 0.160 e. The Balaban J connectivity index is 1.40. The summed E-state index contributed by atoms with van der Waals surface area (Å²) in [6, 6.07) is 48.0. The van der Waals surface area contributed by atoms with E-state index in [1.54, 1.807) is 12.1 Å². The lowest BCUT2D eigenvalue weighted by molar-refractivity contribution is 1.18. The van der Waals surface area contributed by atoms with Crippen molar-refractivity contribution in [2.24, 2.45) is 0 Å². The summed E-state index contributed by atoms with van der Waals surface area (Å²) in [6.07, 6.45) is 0. The van der Waals surface area contributed by atoms with Crippen LogP contribution in [0.1, 0.15) is 5.56 Å². The van der Waals surface area contributed by atoms with Gasteiger partial charge in [-0.15, -0.1) is 0 Å². The zero-order chi connectivity index (χ0) is 28.3. The van der Waals surface area contributed by atoms with Crippen LogP contribution in [-0.4, -0.2) is 19.9 Å². The van der Waals surface area contributed by atoms with Crippen LogP contribution in [0.5, 0.6) is 0 Å². The highest BCUT2D eigenvalue weighted by Crippen LogP contribution is 2.34. The minimum atomic E-state index is 0.598. The molecule has 0 spiro atoms. The van der Waals surface area contributed by atoms with Gasteiger partial charge in [0.15, 0.2) is 5.82 Å². The van der Waals surface area contributed by atoms with Gasteiger partial charge >= 0.3 is 0 Å². The molecule has 7 rings (SSSR count). The zero-order valence-corrected chi connectivity index (χ0v) is 22.5. The average Bonchev–Trinajstić information content (AvgIpc) is 3.08. The average molecular weight is 538 g/mol. The smallest absolute Gasteiger partial charge is 0.160 e. The highest BCUT2D eigenvalue weighted by Gasteiger charge is 2.16. The lowest BCUT2D eigenvalue weighted by Gasteiger charge is -2.13. The van der Waals surface area contributed by atoms with E-state index in [4.69, 9.17) is 19.9 Å². The van der Waals surface area contributed by atoms with Gasteiger partial charge in [-0.05, 0) is 36.4 Å². The number of para-hydroxylation sites is 2. The summed E-state index contributed by atoms with van der Waals surface area (Å²) < 4.78 is 0. The van der Waals surface area contributed by atoms with Gasteiger partial charge in [0.25, 0.3) is 0 Å². The van der Waals surface area contributed by atoms with Crippen molar-refractivity contribution in [1.82, 2.24) is 19.9 Å². The third-order valence-corrected chi connectivity index (χ3v) is 7.12. The Bertz CT molecular complexity index is 2020. The topological polar surface area (TPSA) is 75.3 Å². The van der Waals surface area contributed by atoms with Crippen LogP contribution in [0.4, 0.5) is 0 Å². The maximum atomic E-state index is 9.31. The Kier molecular flexibility index (Phi) is 6.48. The molecule has 0 saturated heterocycles. The number of rotatable bonds is 5. The standard InChI is InChI=1S/C37H23N5/c38-24-25-18-20-28(21-19-25)35-36(40-32-17-8-7-16-31(32)39-35)29-14-9-15-30(22-29)37-41-33(26-10-3-1-4-11-26)23-34(42-37)27-12-5-2-6-13-27/h1-23H. The molecule has 0 N–H and O–H groups in total. The van der Waals surface area contributed by atoms with Gasteiger partial charge in [0.1, 0.15) is 0 Å². The molecule has 5 nitrogen and oxygen atoms in total. The number of fused-ring (bicyclic) bond motifs is 1. The molecule has 0 aliphatic heterocycles. The Morgan fingerprint density at radius 2 is 0.905 bits per heavy atom. The molecule has 0 amide bonds. The van der Waals surface area contributed by atoms with Gasteiger partial charge in [-0.2, -0.15) is 5.26 Å². The van der Waals surface area contributed by atoms with Crippen molar-refractivity contribution < 1.29 is 0 Å². The lowest BCUT2D eigenvalue weighted by Crippen LogP contribution is -1.98. The van der Waals surface area contributed by atoms with Crippen molar-refractivity contribution in [2.75, 3.05) is 0 Å². The van der Waals surface area contributed by atoms with Crippen LogP contribution in [0.2, 0.25) is 0 Å². The maximum absolute atomic E-state index is 9.31. The van der Waals surface area contributed by atoms with Gasteiger partial charge in [-0.25, -0.2) is 19.9 Å². The van der Waals surface area contributed by atoms with Crippen molar-refractivity contribution >= 4 is 11.0 Å². The Morgan fingerprint density at radius 1 is 0.405 bits per heavy atom. The summed E-state index contributed by atoms with van der Waals surface area (Å²) in [4.78, 5) is 20.1. The number of hydrogen-bond donors (Lipinski definition) is 0. The molecule has 0 bridgehead atoms. The van der Waals surface area contributed by atoms with Crippen molar-refractivity contribution in [3.63, 3.8) is 0 Å². The monoisotopic (exact) mass is 537 g/mol. The molecule has 7 aromatic rings. The first-order chi connectivity index (χ1) is 20.7. The van der Waals surface area contributed by atoms with Gasteiger partial charge in [-0.3, -0.25) is 0 Å². The number of nitriles is 1. The van der Waals surface area contributed by atoms with Crippen LogP contribution in [0.3, 0.4) is 0 Å². The van der Waals surface area contributed by atoms with Gasteiger partial charge in [0.05, 0.1) is 45.4 Å². The van der Waals surface area contributed by atoms with E-state index in [9.17, 15) is 5.26 Å². The second-order valence-electron chi connectivity index (χ2n) is 9.87. The minimum absolute atomic E-state index is 0.598. The number of benzene rings is 5. The molecular formula is C37H23N5. The summed E-state index contributed by atoms with van der Waals surface area (Å²) >= 11 is 0. The first kappa shape index (κ1) is 25.0. The van der Waals surface area contributed by atoms with Crippen LogP contribution in [0.25, 0.3) is 67.5 Å². The van der Waals surface area contributed by atoms with E-state index in [1.165, 1.54) is 0 Å². The van der Waals surface area contributed by atoms with Crippen molar-refractivity contribution in [3.8, 4) is 62.5 Å². The third-order valence-electron chi connectivity index (χ3n) is 7.12. The molecule has 2 heterocycles. The Morgan fingerprint density at radius 3 is 1.48 bits per heavy atom. The van der Waals surface area contributed by atoms with Crippen molar-refractivity contribution in [1.29, 1.82) is 5.26 Å². The van der Waals surface area contributed by atoms with Gasteiger partial charge in [-0.1, -0.05) is 103 Å². The van der Waals surface area contributed by atoms with Crippen LogP contribution >= 0.6 is 0 Å². The number of aromatic nitrogens is 4. The second-order valence-corrected chi connectivity index (χ2v) is 9.87. The van der Waals surface area contributed by atoms with Gasteiger partial charge in [0, 0.05) is 27.8 Å². The summed E-state index contributed by atoms with van der Waals surface area (Å²) in [5.41, 5.74) is 10.2. The lowest BCUT2D eigenvalue weighted by atomic mass is 10.0. The number of hydrogen-bond acceptors (Lipinski definition) is 5. The highest BCUT2D eigenvalue weighted by atomic mass is 14.9. The minimum Gasteiger partial charge on any atom is -0.244 e. The summed E-state index contributed by atoms with van der Waals surface area (Å²) in [5.74, 6) is 0.630. The Hall–Kier alpha value is -5.99. The molecule has 0 fully saturated rings. The zero-order valence-electron chi connectivity index (χ0n) is 22.5. The largest absolute Gasteiger partial charge is 0.244 e. The fourth-order valence-corrected chi connectivity index (χ4v) is 5.00. The van der Waals surface area contributed by atoms with E-state index < -0.39 is 0 Å². The van der Waals surface area contributed by atoms with E-state index >= 15 is 0 Å². The molecule has 0 aliphatic rings. The Labute approximate surface area is 243 Å². The highest BCUT2D eigenvalue weighted by molar-refractivity contribution is 5.87. The predicted molar refractivity (Wildman–Crippen MR) is 167 cm³/mol. The quantitative estimate of drug-likeness (QED) is 0.220. The SMILES string of the molecule is N#Cc1ccc(-c2nc3ccccc3nc2-c2cccc(-c3nc(-c4ccccc4)cc(-c4ccccc4)n3)c2)cc1. The molecule has 42 heavy (non-hydrogen) atoms. The van der Waals surface area contributed by atoms with Gasteiger partial charge in [0.2, 0.25) is 0 Å². The van der Waals surface area contributed by atoms with Crippen LogP contribution in [-0.2, 0) is 0 Å². The molecule has 0 radical (unpaired) electrons. The predicted octanol–water partition coefficient (Wildman–Crippen LogP) is 8.63. The van der Waals surface area contributed by atoms with Gasteiger partial charge < -0.3 is 0 Å². The molecule has 196 valence electrons. The van der Waals surface area contributed by atoms with Crippen molar-refractivity contribution in [2.45, 2.75) is 0 Å². The molecule has 0 unspecified atom stereocenters. The van der Waals surface area contributed by atoms with Crippen molar-refractivity contribution in [3.05, 3.63) is 145 Å². The number of nitrogens with zero attached hydrogens (tertiary/aromatic N) is 5. The molecule has 0 aliphatic carbocycles. The summed E-state index contributed by atoms with van der Waals surface area (Å²) in [7, 11) is 0. The van der Waals surface area contributed by atoms with E-state index in [0.29, 0.717) is 11.4 Å². The van der Waals surface area contributed by atoms with E-state index in [0.717, 1.165) is 61.6 Å². The molecule has 5 aromatic carbocycles. The molecule has 5 heteroatoms. The molecule has 0 atom stereocenters. The first-order valence-electron chi connectivity index (χ1n) is 13.6. The van der Waals surface area contributed by atoms with E-state index in [1.807, 2.05) is 97.1 Å². The van der Waals surface area contributed by atoms with Crippen LogP contribution in [0.15, 0.2) is 140 Å². The normalized spacial score (nSPS) is 10.8. The van der Waals surface area contributed by atoms with Crippen LogP contribution < -0.4 is 0 Å². The first-order valence-corrected chi connectivity index (χ1v) is 13.6. The summed E-state index contributed by atoms with van der Waals surface area (Å²) in [6.45, 7) is 0.